The van der Waals surface area contributed by atoms with Crippen molar-refractivity contribution in [1.29, 1.82) is 0 Å². The molecule has 5 nitrogen and oxygen atoms in total. The number of sulfonamides is 1. The van der Waals surface area contributed by atoms with Gasteiger partial charge in [-0.2, -0.15) is 5.10 Å². The van der Waals surface area contributed by atoms with Gasteiger partial charge in [0.05, 0.1) is 5.69 Å². The maximum atomic E-state index is 13.7. The third-order valence-corrected chi connectivity index (χ3v) is 4.94. The van der Waals surface area contributed by atoms with Crippen molar-refractivity contribution < 1.29 is 12.8 Å². The summed E-state index contributed by atoms with van der Waals surface area (Å²) in [5.74, 6) is -0.468. The molecule has 1 aromatic heterocycles. The molecule has 0 radical (unpaired) electrons. The summed E-state index contributed by atoms with van der Waals surface area (Å²) in [4.78, 5) is 0.0391. The maximum absolute atomic E-state index is 13.7. The first-order chi connectivity index (χ1) is 11.4. The predicted molar refractivity (Wildman–Crippen MR) is 90.6 cm³/mol. The highest BCUT2D eigenvalue weighted by molar-refractivity contribution is 7.92. The smallest absolute Gasteiger partial charge is 0.265 e. The number of nitrogens with one attached hydrogen (secondary N) is 1. The third-order valence-electron chi connectivity index (χ3n) is 3.56. The fourth-order valence-corrected chi connectivity index (χ4v) is 3.58. The Morgan fingerprint density at radius 3 is 2.50 bits per heavy atom. The largest absolute Gasteiger partial charge is 0.279 e. The highest BCUT2D eigenvalue weighted by Gasteiger charge is 2.23. The molecule has 1 N–H and O–H groups in total. The minimum absolute atomic E-state index is 0.0391. The number of rotatable bonds is 4. The summed E-state index contributed by atoms with van der Waals surface area (Å²) < 4.78 is 42.9. The topological polar surface area (TPSA) is 64.0 Å². The van der Waals surface area contributed by atoms with Gasteiger partial charge in [-0.25, -0.2) is 12.8 Å². The number of anilines is 1. The van der Waals surface area contributed by atoms with Gasteiger partial charge in [0, 0.05) is 18.8 Å². The van der Waals surface area contributed by atoms with Crippen molar-refractivity contribution in [3.8, 4) is 11.3 Å². The summed E-state index contributed by atoms with van der Waals surface area (Å²) in [6.07, 6.45) is 1.43. The Balaban J connectivity index is 2.03. The molecule has 0 saturated heterocycles. The first-order valence-corrected chi connectivity index (χ1v) is 8.73. The van der Waals surface area contributed by atoms with Gasteiger partial charge in [-0.15, -0.1) is 0 Å². The van der Waals surface area contributed by atoms with E-state index in [4.69, 9.17) is 0 Å². The highest BCUT2D eigenvalue weighted by Crippen LogP contribution is 2.27. The van der Waals surface area contributed by atoms with Crippen molar-refractivity contribution in [3.05, 3.63) is 66.1 Å². The van der Waals surface area contributed by atoms with E-state index in [0.29, 0.717) is 16.8 Å². The molecule has 0 spiro atoms. The van der Waals surface area contributed by atoms with Crippen molar-refractivity contribution >= 4 is 15.7 Å². The molecule has 3 rings (SSSR count). The highest BCUT2D eigenvalue weighted by atomic mass is 32.2. The van der Waals surface area contributed by atoms with Crippen molar-refractivity contribution in [2.75, 3.05) is 4.72 Å². The Hall–Kier alpha value is -2.67. The second-order valence-corrected chi connectivity index (χ2v) is 7.10. The lowest BCUT2D eigenvalue weighted by atomic mass is 10.2. The SMILES string of the molecule is Cc1ccc(NS(=O)(=O)c2cn(C)nc2-c2ccccc2)cc1F. The number of benzene rings is 2. The molecular formula is C17H16FN3O2S. The maximum Gasteiger partial charge on any atom is 0.265 e. The normalized spacial score (nSPS) is 11.5. The molecule has 0 fully saturated rings. The summed E-state index contributed by atoms with van der Waals surface area (Å²) >= 11 is 0. The fourth-order valence-electron chi connectivity index (χ4n) is 2.33. The Bertz CT molecular complexity index is 982. The average Bonchev–Trinajstić information content (AvgIpc) is 2.94. The standard InChI is InChI=1S/C17H16FN3O2S/c1-12-8-9-14(10-15(12)18)20-24(22,23)16-11-21(2)19-17(16)13-6-4-3-5-7-13/h3-11,20H,1-2H3. The monoisotopic (exact) mass is 345 g/mol. The summed E-state index contributed by atoms with van der Waals surface area (Å²) in [5.41, 5.74) is 1.65. The molecule has 0 unspecified atom stereocenters. The van der Waals surface area contributed by atoms with Gasteiger partial charge in [0.15, 0.2) is 0 Å². The van der Waals surface area contributed by atoms with Crippen LogP contribution in [0.15, 0.2) is 59.6 Å². The summed E-state index contributed by atoms with van der Waals surface area (Å²) in [7, 11) is -2.25. The Kier molecular flexibility index (Phi) is 4.11. The van der Waals surface area contributed by atoms with Crippen LogP contribution >= 0.6 is 0 Å². The van der Waals surface area contributed by atoms with Crippen molar-refractivity contribution in [2.45, 2.75) is 11.8 Å². The van der Waals surface area contributed by atoms with Gasteiger partial charge in [-0.1, -0.05) is 36.4 Å². The van der Waals surface area contributed by atoms with E-state index in [9.17, 15) is 12.8 Å². The molecule has 0 aliphatic rings. The quantitative estimate of drug-likeness (QED) is 0.789. The van der Waals surface area contributed by atoms with E-state index in [1.807, 2.05) is 18.2 Å². The van der Waals surface area contributed by atoms with Gasteiger partial charge in [-0.3, -0.25) is 9.40 Å². The van der Waals surface area contributed by atoms with E-state index in [-0.39, 0.29) is 10.6 Å². The molecular weight excluding hydrogens is 329 g/mol. The summed E-state index contributed by atoms with van der Waals surface area (Å²) in [6.45, 7) is 1.61. The second kappa shape index (κ2) is 6.09. The van der Waals surface area contributed by atoms with Crippen LogP contribution in [0.4, 0.5) is 10.1 Å². The molecule has 3 aromatic rings. The van der Waals surface area contributed by atoms with Crippen molar-refractivity contribution in [2.24, 2.45) is 7.05 Å². The van der Waals surface area contributed by atoms with Gasteiger partial charge in [0.2, 0.25) is 0 Å². The Morgan fingerprint density at radius 1 is 1.12 bits per heavy atom. The number of aryl methyl sites for hydroxylation is 2. The molecule has 124 valence electrons. The zero-order valence-electron chi connectivity index (χ0n) is 13.2. The molecule has 7 heteroatoms. The molecule has 24 heavy (non-hydrogen) atoms. The minimum Gasteiger partial charge on any atom is -0.279 e. The van der Waals surface area contributed by atoms with Gasteiger partial charge >= 0.3 is 0 Å². The molecule has 0 aliphatic heterocycles. The molecule has 0 amide bonds. The summed E-state index contributed by atoms with van der Waals surface area (Å²) in [6, 6.07) is 13.2. The van der Waals surface area contributed by atoms with E-state index in [0.717, 1.165) is 6.07 Å². The van der Waals surface area contributed by atoms with Crippen LogP contribution in [0.25, 0.3) is 11.3 Å². The van der Waals surface area contributed by atoms with Crippen LogP contribution in [0, 0.1) is 12.7 Å². The molecule has 0 aliphatic carbocycles. The van der Waals surface area contributed by atoms with Crippen LogP contribution in [-0.4, -0.2) is 18.2 Å². The van der Waals surface area contributed by atoms with E-state index >= 15 is 0 Å². The van der Waals surface area contributed by atoms with Crippen LogP contribution < -0.4 is 4.72 Å². The van der Waals surface area contributed by atoms with E-state index in [1.54, 1.807) is 26.1 Å². The second-order valence-electron chi connectivity index (χ2n) is 5.45. The van der Waals surface area contributed by atoms with Crippen molar-refractivity contribution in [3.63, 3.8) is 0 Å². The van der Waals surface area contributed by atoms with Crippen LogP contribution in [0.5, 0.6) is 0 Å². The molecule has 2 aromatic carbocycles. The van der Waals surface area contributed by atoms with Gasteiger partial charge in [-0.05, 0) is 24.6 Å². The summed E-state index contributed by atoms with van der Waals surface area (Å²) in [5, 5.41) is 4.24. The van der Waals surface area contributed by atoms with Gasteiger partial charge < -0.3 is 0 Å². The van der Waals surface area contributed by atoms with Gasteiger partial charge in [0.25, 0.3) is 10.0 Å². The van der Waals surface area contributed by atoms with Crippen LogP contribution in [0.3, 0.4) is 0 Å². The number of aromatic nitrogens is 2. The number of hydrogen-bond donors (Lipinski definition) is 1. The number of nitrogens with zero attached hydrogens (tertiary/aromatic N) is 2. The van der Waals surface area contributed by atoms with E-state index < -0.39 is 15.8 Å². The van der Waals surface area contributed by atoms with Crippen LogP contribution in [-0.2, 0) is 17.1 Å². The minimum atomic E-state index is -3.90. The number of hydrogen-bond acceptors (Lipinski definition) is 3. The third kappa shape index (κ3) is 3.16. The number of halogens is 1. The van der Waals surface area contributed by atoms with E-state index in [2.05, 4.69) is 9.82 Å². The lowest BCUT2D eigenvalue weighted by Crippen LogP contribution is -2.13. The Morgan fingerprint density at radius 2 is 1.83 bits per heavy atom. The zero-order chi connectivity index (χ0) is 17.3. The molecule has 0 atom stereocenters. The lowest BCUT2D eigenvalue weighted by Gasteiger charge is -2.09. The first kappa shape index (κ1) is 16.2. The molecule has 0 bridgehead atoms. The lowest BCUT2D eigenvalue weighted by molar-refractivity contribution is 0.601. The van der Waals surface area contributed by atoms with Gasteiger partial charge in [0.1, 0.15) is 16.4 Å². The first-order valence-electron chi connectivity index (χ1n) is 7.25. The zero-order valence-corrected chi connectivity index (χ0v) is 14.0. The Labute approximate surface area is 139 Å². The predicted octanol–water partition coefficient (Wildman–Crippen LogP) is 3.34. The molecule has 0 saturated carbocycles. The fraction of sp³-hybridized carbons (Fsp3) is 0.118. The molecule has 1 heterocycles. The van der Waals surface area contributed by atoms with Crippen LogP contribution in [0.2, 0.25) is 0 Å². The van der Waals surface area contributed by atoms with Crippen molar-refractivity contribution in [1.82, 2.24) is 9.78 Å². The van der Waals surface area contributed by atoms with E-state index in [1.165, 1.54) is 23.0 Å². The van der Waals surface area contributed by atoms with Crippen LogP contribution in [0.1, 0.15) is 5.56 Å². The average molecular weight is 345 g/mol.